The molecule has 1 atom stereocenters. The summed E-state index contributed by atoms with van der Waals surface area (Å²) in [5.74, 6) is -0.978. The molecule has 0 aromatic heterocycles. The average Bonchev–Trinajstić information content (AvgIpc) is 2.30. The lowest BCUT2D eigenvalue weighted by atomic mass is 10.1. The molecule has 0 aromatic rings. The van der Waals surface area contributed by atoms with Gasteiger partial charge in [-0.05, 0) is 13.5 Å². The van der Waals surface area contributed by atoms with E-state index < -0.39 is 12.0 Å². The van der Waals surface area contributed by atoms with Crippen LogP contribution >= 0.6 is 0 Å². The molecule has 2 amide bonds. The van der Waals surface area contributed by atoms with E-state index in [4.69, 9.17) is 5.11 Å². The number of urea groups is 1. The van der Waals surface area contributed by atoms with E-state index in [1.807, 2.05) is 6.92 Å². The Labute approximate surface area is 102 Å². The van der Waals surface area contributed by atoms with E-state index in [0.29, 0.717) is 19.5 Å². The minimum absolute atomic E-state index is 0.344. The SMILES string of the molecule is CCCC[C@H](NC(=O)N(C)CCNC)C(=O)O. The summed E-state index contributed by atoms with van der Waals surface area (Å²) in [6, 6.07) is -1.14. The summed E-state index contributed by atoms with van der Waals surface area (Å²) >= 11 is 0. The van der Waals surface area contributed by atoms with Crippen molar-refractivity contribution in [3.8, 4) is 0 Å². The number of nitrogens with one attached hydrogen (secondary N) is 2. The third kappa shape index (κ3) is 6.78. The topological polar surface area (TPSA) is 81.7 Å². The lowest BCUT2D eigenvalue weighted by molar-refractivity contribution is -0.139. The number of likely N-dealkylation sites (N-methyl/N-ethyl adjacent to an activating group) is 2. The second kappa shape index (κ2) is 8.81. The highest BCUT2D eigenvalue weighted by molar-refractivity contribution is 5.82. The number of carboxylic acid groups (broad SMARTS) is 1. The summed E-state index contributed by atoms with van der Waals surface area (Å²) in [5, 5.41) is 14.4. The van der Waals surface area contributed by atoms with Crippen LogP contribution in [-0.4, -0.2) is 55.2 Å². The maximum atomic E-state index is 11.7. The van der Waals surface area contributed by atoms with E-state index >= 15 is 0 Å². The van der Waals surface area contributed by atoms with E-state index in [2.05, 4.69) is 10.6 Å². The van der Waals surface area contributed by atoms with Gasteiger partial charge in [0.05, 0.1) is 0 Å². The van der Waals surface area contributed by atoms with E-state index in [0.717, 1.165) is 12.8 Å². The highest BCUT2D eigenvalue weighted by Gasteiger charge is 2.20. The predicted molar refractivity (Wildman–Crippen MR) is 66.0 cm³/mol. The van der Waals surface area contributed by atoms with Crippen molar-refractivity contribution in [1.82, 2.24) is 15.5 Å². The van der Waals surface area contributed by atoms with Crippen LogP contribution in [0.2, 0.25) is 0 Å². The lowest BCUT2D eigenvalue weighted by Crippen LogP contribution is -2.47. The molecule has 0 heterocycles. The second-order valence-corrected chi connectivity index (χ2v) is 4.01. The number of amides is 2. The molecule has 0 fully saturated rings. The third-order valence-corrected chi connectivity index (χ3v) is 2.49. The Hall–Kier alpha value is -1.30. The molecule has 0 spiro atoms. The summed E-state index contributed by atoms with van der Waals surface area (Å²) in [4.78, 5) is 24.1. The maximum absolute atomic E-state index is 11.7. The Kier molecular flexibility index (Phi) is 8.13. The molecule has 6 nitrogen and oxygen atoms in total. The minimum Gasteiger partial charge on any atom is -0.480 e. The van der Waals surface area contributed by atoms with Gasteiger partial charge in [-0.15, -0.1) is 0 Å². The number of carboxylic acids is 1. The smallest absolute Gasteiger partial charge is 0.326 e. The number of aliphatic carboxylic acids is 1. The van der Waals surface area contributed by atoms with Gasteiger partial charge in [0.2, 0.25) is 0 Å². The van der Waals surface area contributed by atoms with Gasteiger partial charge in [0.15, 0.2) is 0 Å². The molecule has 0 rings (SSSR count). The molecule has 6 heteroatoms. The summed E-state index contributed by atoms with van der Waals surface area (Å²) in [5.41, 5.74) is 0. The molecule has 0 radical (unpaired) electrons. The van der Waals surface area contributed by atoms with E-state index in [1.54, 1.807) is 14.1 Å². The van der Waals surface area contributed by atoms with Gasteiger partial charge in [-0.3, -0.25) is 0 Å². The number of carbonyl (C=O) groups is 2. The molecule has 0 aliphatic heterocycles. The van der Waals surface area contributed by atoms with Crippen LogP contribution in [0.25, 0.3) is 0 Å². The van der Waals surface area contributed by atoms with Crippen molar-refractivity contribution in [2.45, 2.75) is 32.2 Å². The van der Waals surface area contributed by atoms with E-state index in [-0.39, 0.29) is 6.03 Å². The normalized spacial score (nSPS) is 11.9. The zero-order valence-electron chi connectivity index (χ0n) is 10.8. The minimum atomic E-state index is -0.978. The predicted octanol–water partition coefficient (Wildman–Crippen LogP) is 0.491. The monoisotopic (exact) mass is 245 g/mol. The molecular formula is C11H23N3O3. The van der Waals surface area contributed by atoms with Crippen LogP contribution in [0.15, 0.2) is 0 Å². The van der Waals surface area contributed by atoms with Crippen molar-refractivity contribution in [3.63, 3.8) is 0 Å². The molecule has 0 aromatic carbocycles. The van der Waals surface area contributed by atoms with Crippen LogP contribution in [-0.2, 0) is 4.79 Å². The number of hydrogen-bond acceptors (Lipinski definition) is 3. The first kappa shape index (κ1) is 15.7. The van der Waals surface area contributed by atoms with Crippen LogP contribution in [0, 0.1) is 0 Å². The van der Waals surface area contributed by atoms with Gasteiger partial charge in [0.1, 0.15) is 6.04 Å². The Bertz CT molecular complexity index is 246. The standard InChI is InChI=1S/C11H23N3O3/c1-4-5-6-9(10(15)16)13-11(17)14(3)8-7-12-2/h9,12H,4-8H2,1-3H3,(H,13,17)(H,15,16)/t9-/m0/s1. The van der Waals surface area contributed by atoms with Crippen LogP contribution in [0.4, 0.5) is 4.79 Å². The molecule has 3 N–H and O–H groups in total. The first-order valence-electron chi connectivity index (χ1n) is 5.92. The third-order valence-electron chi connectivity index (χ3n) is 2.49. The molecule has 0 bridgehead atoms. The van der Waals surface area contributed by atoms with Gasteiger partial charge in [-0.2, -0.15) is 0 Å². The Morgan fingerprint density at radius 2 is 2.06 bits per heavy atom. The molecule has 0 saturated heterocycles. The lowest BCUT2D eigenvalue weighted by Gasteiger charge is -2.21. The van der Waals surface area contributed by atoms with Crippen molar-refractivity contribution in [3.05, 3.63) is 0 Å². The van der Waals surface area contributed by atoms with Crippen molar-refractivity contribution in [1.29, 1.82) is 0 Å². The van der Waals surface area contributed by atoms with Crippen molar-refractivity contribution < 1.29 is 14.7 Å². The van der Waals surface area contributed by atoms with Crippen LogP contribution in [0.1, 0.15) is 26.2 Å². The first-order valence-corrected chi connectivity index (χ1v) is 5.92. The van der Waals surface area contributed by atoms with Gasteiger partial charge in [-0.1, -0.05) is 19.8 Å². The summed E-state index contributed by atoms with van der Waals surface area (Å²) < 4.78 is 0. The number of unbranched alkanes of at least 4 members (excludes halogenated alkanes) is 1. The van der Waals surface area contributed by atoms with Crippen molar-refractivity contribution in [2.24, 2.45) is 0 Å². The van der Waals surface area contributed by atoms with Gasteiger partial charge < -0.3 is 20.6 Å². The van der Waals surface area contributed by atoms with Crippen LogP contribution < -0.4 is 10.6 Å². The van der Waals surface area contributed by atoms with Gasteiger partial charge >= 0.3 is 12.0 Å². The Morgan fingerprint density at radius 3 is 2.53 bits per heavy atom. The number of hydrogen-bond donors (Lipinski definition) is 3. The largest absolute Gasteiger partial charge is 0.480 e. The summed E-state index contributed by atoms with van der Waals surface area (Å²) in [7, 11) is 3.44. The molecular weight excluding hydrogens is 222 g/mol. The van der Waals surface area contributed by atoms with E-state index in [9.17, 15) is 9.59 Å². The number of carbonyl (C=O) groups excluding carboxylic acids is 1. The number of nitrogens with zero attached hydrogens (tertiary/aromatic N) is 1. The average molecular weight is 245 g/mol. The van der Waals surface area contributed by atoms with Gasteiger partial charge in [-0.25, -0.2) is 9.59 Å². The maximum Gasteiger partial charge on any atom is 0.326 e. The zero-order valence-corrected chi connectivity index (χ0v) is 10.8. The Morgan fingerprint density at radius 1 is 1.41 bits per heavy atom. The molecule has 0 aliphatic rings. The molecule has 0 unspecified atom stereocenters. The fourth-order valence-corrected chi connectivity index (χ4v) is 1.31. The highest BCUT2D eigenvalue weighted by atomic mass is 16.4. The fraction of sp³-hybridized carbons (Fsp3) is 0.818. The fourth-order valence-electron chi connectivity index (χ4n) is 1.31. The highest BCUT2D eigenvalue weighted by Crippen LogP contribution is 2.01. The summed E-state index contributed by atoms with van der Waals surface area (Å²) in [6.45, 7) is 3.21. The first-order chi connectivity index (χ1) is 8.02. The zero-order chi connectivity index (χ0) is 13.3. The van der Waals surface area contributed by atoms with Crippen molar-refractivity contribution in [2.75, 3.05) is 27.2 Å². The Balaban J connectivity index is 4.15. The molecule has 100 valence electrons. The van der Waals surface area contributed by atoms with Crippen LogP contribution in [0.5, 0.6) is 0 Å². The van der Waals surface area contributed by atoms with Crippen LogP contribution in [0.3, 0.4) is 0 Å². The molecule has 0 saturated carbocycles. The van der Waals surface area contributed by atoms with Crippen molar-refractivity contribution >= 4 is 12.0 Å². The molecule has 0 aliphatic carbocycles. The number of rotatable bonds is 8. The van der Waals surface area contributed by atoms with Gasteiger partial charge in [0.25, 0.3) is 0 Å². The van der Waals surface area contributed by atoms with E-state index in [1.165, 1.54) is 4.90 Å². The van der Waals surface area contributed by atoms with Gasteiger partial charge in [0, 0.05) is 20.1 Å². The summed E-state index contributed by atoms with van der Waals surface area (Å²) in [6.07, 6.45) is 2.17. The molecule has 17 heavy (non-hydrogen) atoms. The second-order valence-electron chi connectivity index (χ2n) is 4.01. The quantitative estimate of drug-likeness (QED) is 0.581.